The van der Waals surface area contributed by atoms with E-state index in [2.05, 4.69) is 5.32 Å². The lowest BCUT2D eigenvalue weighted by Gasteiger charge is -2.57. The van der Waals surface area contributed by atoms with Crippen molar-refractivity contribution in [3.63, 3.8) is 0 Å². The highest BCUT2D eigenvalue weighted by Gasteiger charge is 2.51. The molecule has 4 aliphatic rings. The fraction of sp³-hybridized carbons (Fsp3) is 0.500. The van der Waals surface area contributed by atoms with Gasteiger partial charge in [0, 0.05) is 12.1 Å². The van der Waals surface area contributed by atoms with Crippen LogP contribution in [-0.4, -0.2) is 37.8 Å². The summed E-state index contributed by atoms with van der Waals surface area (Å²) >= 11 is 0. The minimum Gasteiger partial charge on any atom is -0.497 e. The third kappa shape index (κ3) is 4.66. The van der Waals surface area contributed by atoms with Crippen molar-refractivity contribution in [3.8, 4) is 5.75 Å². The first-order valence-electron chi connectivity index (χ1n) is 11.8. The van der Waals surface area contributed by atoms with Gasteiger partial charge >= 0.3 is 0 Å². The van der Waals surface area contributed by atoms with Gasteiger partial charge < -0.3 is 10.1 Å². The number of amides is 1. The smallest absolute Gasteiger partial charge is 0.243 e. The molecule has 0 saturated heterocycles. The molecule has 7 heteroatoms. The SMILES string of the molecule is COc1ccc(S(=O)(=O)N(CC(=O)NC23CC4CC(CC(C4)C2)C3)Cc2ccccc2)cc1. The number of rotatable bonds is 8. The summed E-state index contributed by atoms with van der Waals surface area (Å²) in [5.41, 5.74) is 0.700. The topological polar surface area (TPSA) is 75.7 Å². The van der Waals surface area contributed by atoms with Gasteiger partial charge in [-0.2, -0.15) is 4.31 Å². The van der Waals surface area contributed by atoms with Crippen molar-refractivity contribution in [3.05, 3.63) is 60.2 Å². The van der Waals surface area contributed by atoms with Gasteiger partial charge in [0.1, 0.15) is 5.75 Å². The number of benzene rings is 2. The van der Waals surface area contributed by atoms with Crippen LogP contribution < -0.4 is 10.1 Å². The van der Waals surface area contributed by atoms with Crippen LogP contribution in [0.5, 0.6) is 5.75 Å². The largest absolute Gasteiger partial charge is 0.497 e. The molecule has 1 N–H and O–H groups in total. The summed E-state index contributed by atoms with van der Waals surface area (Å²) in [6, 6.07) is 15.7. The zero-order valence-corrected chi connectivity index (χ0v) is 19.9. The van der Waals surface area contributed by atoms with Crippen LogP contribution in [0.4, 0.5) is 0 Å². The average Bonchev–Trinajstić information content (AvgIpc) is 2.78. The quantitative estimate of drug-likeness (QED) is 0.636. The minimum atomic E-state index is -3.87. The van der Waals surface area contributed by atoms with Crippen molar-refractivity contribution in [1.29, 1.82) is 0 Å². The van der Waals surface area contributed by atoms with Crippen molar-refractivity contribution in [2.45, 2.75) is 55.5 Å². The van der Waals surface area contributed by atoms with E-state index in [-0.39, 0.29) is 29.4 Å². The number of sulfonamides is 1. The number of carbonyl (C=O) groups excluding carboxylic acids is 1. The second-order valence-electron chi connectivity index (χ2n) is 10.2. The number of nitrogens with zero attached hydrogens (tertiary/aromatic N) is 1. The Morgan fingerprint density at radius 3 is 2.09 bits per heavy atom. The molecule has 176 valence electrons. The van der Waals surface area contributed by atoms with Gasteiger partial charge in [0.2, 0.25) is 15.9 Å². The van der Waals surface area contributed by atoms with Gasteiger partial charge in [0.25, 0.3) is 0 Å². The van der Waals surface area contributed by atoms with Crippen molar-refractivity contribution in [2.24, 2.45) is 17.8 Å². The standard InChI is InChI=1S/C26H32N2O4S/c1-32-23-7-9-24(10-8-23)33(30,31)28(17-19-5-3-2-4-6-19)18-25(29)27-26-14-20-11-21(15-26)13-22(12-20)16-26/h2-10,20-22H,11-18H2,1H3,(H,27,29). The lowest BCUT2D eigenvalue weighted by atomic mass is 9.53. The van der Waals surface area contributed by atoms with Gasteiger partial charge in [0.05, 0.1) is 18.6 Å². The molecular formula is C26H32N2O4S. The highest BCUT2D eigenvalue weighted by Crippen LogP contribution is 2.55. The summed E-state index contributed by atoms with van der Waals surface area (Å²) in [5.74, 6) is 2.51. The summed E-state index contributed by atoms with van der Waals surface area (Å²) in [6.07, 6.45) is 6.99. The van der Waals surface area contributed by atoms with E-state index in [0.717, 1.165) is 24.8 Å². The number of hydrogen-bond donors (Lipinski definition) is 1. The molecule has 0 spiro atoms. The number of ether oxygens (including phenoxy) is 1. The molecule has 2 aromatic rings. The van der Waals surface area contributed by atoms with Crippen LogP contribution in [0.2, 0.25) is 0 Å². The van der Waals surface area contributed by atoms with E-state index in [1.54, 1.807) is 19.2 Å². The average molecular weight is 469 g/mol. The van der Waals surface area contributed by atoms with Gasteiger partial charge in [-0.15, -0.1) is 0 Å². The molecule has 0 heterocycles. The molecule has 33 heavy (non-hydrogen) atoms. The summed E-state index contributed by atoms with van der Waals surface area (Å²) in [7, 11) is -2.33. The second kappa shape index (κ2) is 8.76. The van der Waals surface area contributed by atoms with E-state index >= 15 is 0 Å². The Morgan fingerprint density at radius 2 is 1.55 bits per heavy atom. The Hall–Kier alpha value is -2.38. The third-order valence-corrected chi connectivity index (χ3v) is 9.47. The molecule has 4 bridgehead atoms. The maximum Gasteiger partial charge on any atom is 0.243 e. The van der Waals surface area contributed by atoms with E-state index < -0.39 is 10.0 Å². The van der Waals surface area contributed by atoms with Crippen LogP contribution in [0.1, 0.15) is 44.1 Å². The first kappa shape index (κ1) is 22.4. The molecule has 0 aliphatic heterocycles. The van der Waals surface area contributed by atoms with Crippen LogP contribution in [0, 0.1) is 17.8 Å². The lowest BCUT2D eigenvalue weighted by molar-refractivity contribution is -0.127. The Morgan fingerprint density at radius 1 is 0.970 bits per heavy atom. The third-order valence-electron chi connectivity index (χ3n) is 7.66. The van der Waals surface area contributed by atoms with Gasteiger partial charge in [-0.05, 0) is 86.1 Å². The fourth-order valence-electron chi connectivity index (χ4n) is 6.67. The van der Waals surface area contributed by atoms with Crippen molar-refractivity contribution < 1.29 is 17.9 Å². The molecule has 4 aliphatic carbocycles. The molecule has 6 rings (SSSR count). The van der Waals surface area contributed by atoms with Crippen LogP contribution in [-0.2, 0) is 21.4 Å². The molecule has 0 atom stereocenters. The monoisotopic (exact) mass is 468 g/mol. The zero-order valence-electron chi connectivity index (χ0n) is 19.1. The summed E-state index contributed by atoms with van der Waals surface area (Å²) in [4.78, 5) is 13.4. The number of nitrogens with one attached hydrogen (secondary N) is 1. The molecule has 4 saturated carbocycles. The zero-order chi connectivity index (χ0) is 23.1. The maximum absolute atomic E-state index is 13.5. The number of carbonyl (C=O) groups is 1. The van der Waals surface area contributed by atoms with Crippen molar-refractivity contribution in [1.82, 2.24) is 9.62 Å². The summed E-state index contributed by atoms with van der Waals surface area (Å²) in [5, 5.41) is 3.32. The van der Waals surface area contributed by atoms with Gasteiger partial charge in [0.15, 0.2) is 0 Å². The van der Waals surface area contributed by atoms with E-state index in [4.69, 9.17) is 4.74 Å². The number of methoxy groups -OCH3 is 1. The first-order valence-corrected chi connectivity index (χ1v) is 13.3. The Labute approximate surface area is 196 Å². The molecule has 4 fully saturated rings. The van der Waals surface area contributed by atoms with Crippen LogP contribution in [0.3, 0.4) is 0 Å². The number of hydrogen-bond acceptors (Lipinski definition) is 4. The maximum atomic E-state index is 13.5. The van der Waals surface area contributed by atoms with Crippen LogP contribution in [0.15, 0.2) is 59.5 Å². The molecule has 0 aromatic heterocycles. The fourth-order valence-corrected chi connectivity index (χ4v) is 8.05. The molecule has 0 unspecified atom stereocenters. The predicted molar refractivity (Wildman–Crippen MR) is 126 cm³/mol. The molecule has 0 radical (unpaired) electrons. The second-order valence-corrected chi connectivity index (χ2v) is 12.1. The minimum absolute atomic E-state index is 0.142. The van der Waals surface area contributed by atoms with E-state index in [9.17, 15) is 13.2 Å². The molecule has 2 aromatic carbocycles. The summed E-state index contributed by atoms with van der Waals surface area (Å²) < 4.78 is 33.5. The van der Waals surface area contributed by atoms with Gasteiger partial charge in [-0.1, -0.05) is 30.3 Å². The Bertz CT molecular complexity index is 1060. The lowest BCUT2D eigenvalue weighted by Crippen LogP contribution is -2.61. The van der Waals surface area contributed by atoms with E-state index in [0.29, 0.717) is 23.5 Å². The van der Waals surface area contributed by atoms with E-state index in [1.165, 1.54) is 35.7 Å². The van der Waals surface area contributed by atoms with Gasteiger partial charge in [-0.3, -0.25) is 4.79 Å². The van der Waals surface area contributed by atoms with Gasteiger partial charge in [-0.25, -0.2) is 8.42 Å². The Balaban J connectivity index is 1.37. The van der Waals surface area contributed by atoms with Crippen molar-refractivity contribution >= 4 is 15.9 Å². The van der Waals surface area contributed by atoms with E-state index in [1.807, 2.05) is 30.3 Å². The highest BCUT2D eigenvalue weighted by molar-refractivity contribution is 7.89. The van der Waals surface area contributed by atoms with Crippen molar-refractivity contribution in [2.75, 3.05) is 13.7 Å². The van der Waals surface area contributed by atoms with Crippen LogP contribution in [0.25, 0.3) is 0 Å². The predicted octanol–water partition coefficient (Wildman–Crippen LogP) is 3.97. The van der Waals surface area contributed by atoms with Crippen LogP contribution >= 0.6 is 0 Å². The Kier molecular flexibility index (Phi) is 5.95. The molecular weight excluding hydrogens is 436 g/mol. The molecule has 6 nitrogen and oxygen atoms in total. The first-order chi connectivity index (χ1) is 15.8. The molecule has 1 amide bonds. The normalized spacial score (nSPS) is 28.1. The highest BCUT2D eigenvalue weighted by atomic mass is 32.2. The summed E-state index contributed by atoms with van der Waals surface area (Å²) in [6.45, 7) is -0.0471.